The fourth-order valence-corrected chi connectivity index (χ4v) is 2.90. The molecule has 0 aromatic rings. The summed E-state index contributed by atoms with van der Waals surface area (Å²) in [7, 11) is 0. The fourth-order valence-electron chi connectivity index (χ4n) is 2.90. The average molecular weight is 236 g/mol. The molecule has 1 aliphatic carbocycles. The van der Waals surface area contributed by atoms with E-state index < -0.39 is 0 Å². The number of hydrogen-bond donors (Lipinski definition) is 1. The van der Waals surface area contributed by atoms with Crippen molar-refractivity contribution in [2.45, 2.75) is 38.6 Å². The van der Waals surface area contributed by atoms with Gasteiger partial charge in [0.1, 0.15) is 0 Å². The Labute approximate surface area is 104 Å². The fraction of sp³-hybridized carbons (Fsp3) is 0.786. The Hall–Kier alpha value is -0.830. The molecule has 1 unspecified atom stereocenters. The van der Waals surface area contributed by atoms with Crippen molar-refractivity contribution < 1.29 is 4.79 Å². The van der Waals surface area contributed by atoms with E-state index in [1.807, 2.05) is 6.08 Å². The van der Waals surface area contributed by atoms with E-state index in [0.29, 0.717) is 24.4 Å². The molecule has 0 aromatic carbocycles. The van der Waals surface area contributed by atoms with Crippen molar-refractivity contribution >= 4 is 5.91 Å². The third-order valence-corrected chi connectivity index (χ3v) is 4.28. The second-order valence-electron chi connectivity index (χ2n) is 5.42. The molecule has 1 saturated carbocycles. The molecule has 0 radical (unpaired) electrons. The van der Waals surface area contributed by atoms with Gasteiger partial charge in [0, 0.05) is 18.5 Å². The molecule has 3 nitrogen and oxygen atoms in total. The van der Waals surface area contributed by atoms with E-state index in [9.17, 15) is 4.79 Å². The maximum atomic E-state index is 12.5. The van der Waals surface area contributed by atoms with Crippen molar-refractivity contribution in [1.82, 2.24) is 10.2 Å². The number of amides is 1. The van der Waals surface area contributed by atoms with Crippen LogP contribution in [-0.2, 0) is 4.79 Å². The molecule has 0 spiro atoms. The number of hydrogen-bond acceptors (Lipinski definition) is 2. The van der Waals surface area contributed by atoms with Crippen LogP contribution in [0.25, 0.3) is 0 Å². The Morgan fingerprint density at radius 1 is 1.47 bits per heavy atom. The second-order valence-corrected chi connectivity index (χ2v) is 5.42. The summed E-state index contributed by atoms with van der Waals surface area (Å²) in [5.41, 5.74) is 0. The molecule has 1 N–H and O–H groups in total. The average Bonchev–Trinajstić information content (AvgIpc) is 2.75. The van der Waals surface area contributed by atoms with E-state index in [2.05, 4.69) is 23.7 Å². The van der Waals surface area contributed by atoms with Crippen molar-refractivity contribution in [3.8, 4) is 0 Å². The van der Waals surface area contributed by atoms with Gasteiger partial charge in [-0.3, -0.25) is 4.79 Å². The molecule has 3 heteroatoms. The quantitative estimate of drug-likeness (QED) is 0.738. The summed E-state index contributed by atoms with van der Waals surface area (Å²) in [4.78, 5) is 14.6. The first-order chi connectivity index (χ1) is 8.24. The van der Waals surface area contributed by atoms with Crippen LogP contribution < -0.4 is 5.32 Å². The maximum Gasteiger partial charge on any atom is 0.226 e. The van der Waals surface area contributed by atoms with Crippen LogP contribution in [0.2, 0.25) is 0 Å². The topological polar surface area (TPSA) is 32.3 Å². The second kappa shape index (κ2) is 5.67. The third-order valence-electron chi connectivity index (χ3n) is 4.28. The minimum absolute atomic E-state index is 0.164. The van der Waals surface area contributed by atoms with Crippen LogP contribution in [0.15, 0.2) is 12.7 Å². The van der Waals surface area contributed by atoms with Gasteiger partial charge in [-0.25, -0.2) is 0 Å². The lowest BCUT2D eigenvalue weighted by atomic mass is 9.87. The highest BCUT2D eigenvalue weighted by molar-refractivity contribution is 5.79. The van der Waals surface area contributed by atoms with E-state index in [4.69, 9.17) is 0 Å². The lowest BCUT2D eigenvalue weighted by molar-refractivity contribution is -0.139. The van der Waals surface area contributed by atoms with Crippen LogP contribution in [0.4, 0.5) is 0 Å². The van der Waals surface area contributed by atoms with Crippen LogP contribution >= 0.6 is 0 Å². The van der Waals surface area contributed by atoms with Crippen molar-refractivity contribution in [3.63, 3.8) is 0 Å². The summed E-state index contributed by atoms with van der Waals surface area (Å²) >= 11 is 0. The summed E-state index contributed by atoms with van der Waals surface area (Å²) in [5.74, 6) is 1.04. The number of nitrogens with zero attached hydrogens (tertiary/aromatic N) is 1. The third kappa shape index (κ3) is 2.71. The molecule has 1 aliphatic heterocycles. The maximum absolute atomic E-state index is 12.5. The Morgan fingerprint density at radius 3 is 2.59 bits per heavy atom. The van der Waals surface area contributed by atoms with Gasteiger partial charge in [-0.1, -0.05) is 25.8 Å². The largest absolute Gasteiger partial charge is 0.336 e. The molecule has 2 rings (SSSR count). The van der Waals surface area contributed by atoms with Crippen molar-refractivity contribution in [2.75, 3.05) is 19.6 Å². The molecular weight excluding hydrogens is 212 g/mol. The lowest BCUT2D eigenvalue weighted by Crippen LogP contribution is -2.52. The molecule has 2 aliphatic rings. The molecular formula is C14H24N2O. The molecule has 1 saturated heterocycles. The van der Waals surface area contributed by atoms with E-state index in [1.165, 1.54) is 25.7 Å². The Morgan fingerprint density at radius 2 is 2.12 bits per heavy atom. The lowest BCUT2D eigenvalue weighted by Gasteiger charge is -2.37. The predicted octanol–water partition coefficient (Wildman–Crippen LogP) is 1.80. The van der Waals surface area contributed by atoms with E-state index in [1.54, 1.807) is 0 Å². The van der Waals surface area contributed by atoms with Gasteiger partial charge in [0.25, 0.3) is 0 Å². The van der Waals surface area contributed by atoms with Crippen molar-refractivity contribution in [3.05, 3.63) is 12.7 Å². The minimum Gasteiger partial charge on any atom is -0.336 e. The summed E-state index contributed by atoms with van der Waals surface area (Å²) in [5, 5.41) is 3.25. The van der Waals surface area contributed by atoms with Crippen molar-refractivity contribution in [1.29, 1.82) is 0 Å². The SMILES string of the molecule is C=CCN(C(=O)C(C)C1CNC1)C1CCCC1. The van der Waals surface area contributed by atoms with Gasteiger partial charge in [0.05, 0.1) is 0 Å². The van der Waals surface area contributed by atoms with Crippen LogP contribution in [-0.4, -0.2) is 36.5 Å². The summed E-state index contributed by atoms with van der Waals surface area (Å²) in [6.45, 7) is 8.58. The van der Waals surface area contributed by atoms with Crippen molar-refractivity contribution in [2.24, 2.45) is 11.8 Å². The molecule has 96 valence electrons. The highest BCUT2D eigenvalue weighted by Gasteiger charge is 2.34. The minimum atomic E-state index is 0.164. The first kappa shape index (κ1) is 12.6. The van der Waals surface area contributed by atoms with Crippen LogP contribution in [0.5, 0.6) is 0 Å². The van der Waals surface area contributed by atoms with E-state index >= 15 is 0 Å². The predicted molar refractivity (Wildman–Crippen MR) is 69.7 cm³/mol. The molecule has 0 aromatic heterocycles. The summed E-state index contributed by atoms with van der Waals surface area (Å²) in [6, 6.07) is 0.469. The zero-order valence-electron chi connectivity index (χ0n) is 10.8. The highest BCUT2D eigenvalue weighted by atomic mass is 16.2. The van der Waals surface area contributed by atoms with E-state index in [0.717, 1.165) is 13.1 Å². The van der Waals surface area contributed by atoms with Crippen LogP contribution in [0.1, 0.15) is 32.6 Å². The zero-order chi connectivity index (χ0) is 12.3. The molecule has 2 fully saturated rings. The van der Waals surface area contributed by atoms with Gasteiger partial charge in [-0.05, 0) is 31.8 Å². The van der Waals surface area contributed by atoms with Gasteiger partial charge in [-0.2, -0.15) is 0 Å². The first-order valence-electron chi connectivity index (χ1n) is 6.86. The molecule has 1 heterocycles. The van der Waals surface area contributed by atoms with Gasteiger partial charge in [0.15, 0.2) is 0 Å². The van der Waals surface area contributed by atoms with Crippen LogP contribution in [0.3, 0.4) is 0 Å². The number of carbonyl (C=O) groups is 1. The first-order valence-corrected chi connectivity index (χ1v) is 6.86. The van der Waals surface area contributed by atoms with E-state index in [-0.39, 0.29) is 5.92 Å². The molecule has 1 amide bonds. The number of nitrogens with one attached hydrogen (secondary N) is 1. The smallest absolute Gasteiger partial charge is 0.226 e. The van der Waals surface area contributed by atoms with Gasteiger partial charge >= 0.3 is 0 Å². The highest BCUT2D eigenvalue weighted by Crippen LogP contribution is 2.27. The number of rotatable bonds is 5. The van der Waals surface area contributed by atoms with Gasteiger partial charge in [0.2, 0.25) is 5.91 Å². The summed E-state index contributed by atoms with van der Waals surface area (Å²) in [6.07, 6.45) is 6.75. The van der Waals surface area contributed by atoms with Crippen LogP contribution in [0, 0.1) is 11.8 Å². The molecule has 0 bridgehead atoms. The van der Waals surface area contributed by atoms with Gasteiger partial charge < -0.3 is 10.2 Å². The number of carbonyl (C=O) groups excluding carboxylic acids is 1. The monoisotopic (exact) mass is 236 g/mol. The Balaban J connectivity index is 1.97. The van der Waals surface area contributed by atoms with Gasteiger partial charge in [-0.15, -0.1) is 6.58 Å². The summed E-state index contributed by atoms with van der Waals surface area (Å²) < 4.78 is 0. The zero-order valence-corrected chi connectivity index (χ0v) is 10.8. The molecule has 17 heavy (non-hydrogen) atoms. The Bertz CT molecular complexity index is 280. The normalized spacial score (nSPS) is 23.1. The molecule has 1 atom stereocenters. The standard InChI is InChI=1S/C14H24N2O/c1-3-8-16(13-6-4-5-7-13)14(17)11(2)12-9-15-10-12/h3,11-13,15H,1,4-10H2,2H3. The Kier molecular flexibility index (Phi) is 4.21.